The first-order chi connectivity index (χ1) is 21.7. The predicted molar refractivity (Wildman–Crippen MR) is 178 cm³/mol. The lowest BCUT2D eigenvalue weighted by Gasteiger charge is -2.34. The summed E-state index contributed by atoms with van der Waals surface area (Å²) in [5, 5.41) is 11.0. The molecule has 2 aromatic carbocycles. The van der Waals surface area contributed by atoms with E-state index < -0.39 is 5.60 Å². The molecule has 3 aromatic heterocycles. The highest BCUT2D eigenvalue weighted by molar-refractivity contribution is 7.07. The topological polar surface area (TPSA) is 114 Å². The summed E-state index contributed by atoms with van der Waals surface area (Å²) < 4.78 is 12.2. The average molecular weight is 624 g/mol. The fourth-order valence-electron chi connectivity index (χ4n) is 5.35. The van der Waals surface area contributed by atoms with Gasteiger partial charge in [-0.2, -0.15) is 0 Å². The first-order valence-corrected chi connectivity index (χ1v) is 16.0. The predicted octanol–water partition coefficient (Wildman–Crippen LogP) is 7.67. The molecule has 1 fully saturated rings. The molecule has 0 bridgehead atoms. The van der Waals surface area contributed by atoms with Crippen molar-refractivity contribution in [3.8, 4) is 22.9 Å². The largest absolute Gasteiger partial charge is 0.444 e. The van der Waals surface area contributed by atoms with Crippen LogP contribution in [0.15, 0.2) is 71.8 Å². The third-order valence-electron chi connectivity index (χ3n) is 7.46. The van der Waals surface area contributed by atoms with Crippen molar-refractivity contribution in [3.05, 3.63) is 83.1 Å². The summed E-state index contributed by atoms with van der Waals surface area (Å²) >= 11 is 1.59. The van der Waals surface area contributed by atoms with Gasteiger partial charge < -0.3 is 25.0 Å². The van der Waals surface area contributed by atoms with Crippen LogP contribution in [0.5, 0.6) is 11.6 Å². The number of aromatic nitrogens is 4. The standard InChI is InChI=1S/C34H37N7O3S/c1-22-12-13-25-26(9-5-11-28(25)37-18-24-20-45-21-38-24)30(22)43-31-27(10-6-15-35-31)29-14-16-36-32(40-29)39-23-8-7-17-41(19-23)33(42)44-34(2,3)4/h5-6,9-16,20-21,23,37H,7-8,17-19H2,1-4H3,(H,36,39,40). The number of ether oxygens (including phenoxy) is 2. The maximum atomic E-state index is 12.7. The lowest BCUT2D eigenvalue weighted by atomic mass is 10.0. The van der Waals surface area contributed by atoms with Gasteiger partial charge in [0, 0.05) is 53.4 Å². The molecule has 1 amide bonds. The van der Waals surface area contributed by atoms with Crippen LogP contribution >= 0.6 is 11.3 Å². The van der Waals surface area contributed by atoms with E-state index in [4.69, 9.17) is 14.5 Å². The number of amides is 1. The van der Waals surface area contributed by atoms with Crippen LogP contribution in [0.2, 0.25) is 0 Å². The van der Waals surface area contributed by atoms with Crippen molar-refractivity contribution in [3.63, 3.8) is 0 Å². The van der Waals surface area contributed by atoms with E-state index in [-0.39, 0.29) is 12.1 Å². The van der Waals surface area contributed by atoms with Crippen LogP contribution in [0.4, 0.5) is 16.4 Å². The van der Waals surface area contributed by atoms with Crippen LogP contribution in [0, 0.1) is 6.92 Å². The van der Waals surface area contributed by atoms with Crippen molar-refractivity contribution >= 4 is 39.8 Å². The van der Waals surface area contributed by atoms with Crippen molar-refractivity contribution in [1.29, 1.82) is 0 Å². The Balaban J connectivity index is 1.22. The maximum absolute atomic E-state index is 12.7. The molecule has 4 heterocycles. The Morgan fingerprint density at radius 2 is 1.93 bits per heavy atom. The number of rotatable bonds is 8. The number of hydrogen-bond donors (Lipinski definition) is 2. The van der Waals surface area contributed by atoms with Gasteiger partial charge in [-0.1, -0.05) is 24.3 Å². The Kier molecular flexibility index (Phi) is 8.79. The molecule has 232 valence electrons. The summed E-state index contributed by atoms with van der Waals surface area (Å²) in [6.45, 7) is 9.49. The molecular weight excluding hydrogens is 586 g/mol. The first kappa shape index (κ1) is 30.3. The second kappa shape index (κ2) is 13.1. The molecule has 0 radical (unpaired) electrons. The van der Waals surface area contributed by atoms with Crippen LogP contribution in [0.1, 0.15) is 44.9 Å². The lowest BCUT2D eigenvalue weighted by Crippen LogP contribution is -2.47. The van der Waals surface area contributed by atoms with E-state index >= 15 is 0 Å². The van der Waals surface area contributed by atoms with Crippen LogP contribution in [0.25, 0.3) is 22.0 Å². The van der Waals surface area contributed by atoms with Crippen LogP contribution in [0.3, 0.4) is 0 Å². The van der Waals surface area contributed by atoms with E-state index in [1.165, 1.54) is 0 Å². The summed E-state index contributed by atoms with van der Waals surface area (Å²) in [7, 11) is 0. The number of hydrogen-bond acceptors (Lipinski definition) is 10. The molecule has 0 saturated carbocycles. The quantitative estimate of drug-likeness (QED) is 0.180. The van der Waals surface area contributed by atoms with Crippen LogP contribution in [-0.2, 0) is 11.3 Å². The average Bonchev–Trinajstić information content (AvgIpc) is 3.55. The molecule has 2 N–H and O–H groups in total. The second-order valence-electron chi connectivity index (χ2n) is 12.1. The highest BCUT2D eigenvalue weighted by atomic mass is 32.1. The monoisotopic (exact) mass is 623 g/mol. The van der Waals surface area contributed by atoms with Crippen molar-refractivity contribution in [2.75, 3.05) is 23.7 Å². The number of nitrogens with one attached hydrogen (secondary N) is 2. The summed E-state index contributed by atoms with van der Waals surface area (Å²) in [4.78, 5) is 32.7. The Labute approximate surface area is 266 Å². The molecule has 1 aliphatic heterocycles. The number of pyridine rings is 1. The highest BCUT2D eigenvalue weighted by Crippen LogP contribution is 2.38. The van der Waals surface area contributed by atoms with Gasteiger partial charge in [0.15, 0.2) is 0 Å². The van der Waals surface area contributed by atoms with Crippen molar-refractivity contribution in [2.24, 2.45) is 0 Å². The van der Waals surface area contributed by atoms with E-state index in [9.17, 15) is 4.79 Å². The zero-order chi connectivity index (χ0) is 31.4. The number of thiazole rings is 1. The molecule has 11 heteroatoms. The van der Waals surface area contributed by atoms with Gasteiger partial charge >= 0.3 is 6.09 Å². The second-order valence-corrected chi connectivity index (χ2v) is 12.8. The number of fused-ring (bicyclic) bond motifs is 1. The van der Waals surface area contributed by atoms with Gasteiger partial charge in [0.25, 0.3) is 0 Å². The zero-order valence-electron chi connectivity index (χ0n) is 25.9. The van der Waals surface area contributed by atoms with Gasteiger partial charge in [-0.3, -0.25) is 0 Å². The van der Waals surface area contributed by atoms with Gasteiger partial charge in [-0.25, -0.2) is 24.7 Å². The fraction of sp³-hybridized carbons (Fsp3) is 0.324. The van der Waals surface area contributed by atoms with Gasteiger partial charge in [0.05, 0.1) is 29.0 Å². The first-order valence-electron chi connectivity index (χ1n) is 15.1. The molecule has 6 rings (SSSR count). The van der Waals surface area contributed by atoms with E-state index in [1.807, 2.05) is 62.9 Å². The number of carbonyl (C=O) groups excluding carboxylic acids is 1. The number of piperidine rings is 1. The summed E-state index contributed by atoms with van der Waals surface area (Å²) in [6, 6.07) is 16.0. The van der Waals surface area contributed by atoms with Gasteiger partial charge in [-0.05, 0) is 70.4 Å². The van der Waals surface area contributed by atoms with E-state index in [0.717, 1.165) is 51.9 Å². The van der Waals surface area contributed by atoms with Gasteiger partial charge in [-0.15, -0.1) is 11.3 Å². The molecule has 1 saturated heterocycles. The molecule has 1 unspecified atom stereocenters. The van der Waals surface area contributed by atoms with Gasteiger partial charge in [0.2, 0.25) is 11.8 Å². The molecule has 1 aliphatic rings. The number of anilines is 2. The third kappa shape index (κ3) is 7.31. The van der Waals surface area contributed by atoms with Gasteiger partial charge in [0.1, 0.15) is 11.4 Å². The van der Waals surface area contributed by atoms with Crippen molar-refractivity contribution < 1.29 is 14.3 Å². The number of carbonyl (C=O) groups is 1. The Morgan fingerprint density at radius 1 is 1.04 bits per heavy atom. The molecule has 0 aliphatic carbocycles. The zero-order valence-corrected chi connectivity index (χ0v) is 26.7. The molecule has 1 atom stereocenters. The lowest BCUT2D eigenvalue weighted by molar-refractivity contribution is 0.0206. The van der Waals surface area contributed by atoms with Crippen molar-refractivity contribution in [1.82, 2.24) is 24.8 Å². The summed E-state index contributed by atoms with van der Waals surface area (Å²) in [6.07, 6.45) is 4.90. The summed E-state index contributed by atoms with van der Waals surface area (Å²) in [5.41, 5.74) is 5.73. The number of likely N-dealkylation sites (tertiary alicyclic amines) is 1. The number of benzene rings is 2. The van der Waals surface area contributed by atoms with E-state index in [1.54, 1.807) is 28.6 Å². The molecule has 10 nitrogen and oxygen atoms in total. The minimum atomic E-state index is -0.538. The smallest absolute Gasteiger partial charge is 0.410 e. The number of nitrogens with zero attached hydrogens (tertiary/aromatic N) is 5. The summed E-state index contributed by atoms with van der Waals surface area (Å²) in [5.74, 6) is 1.67. The minimum absolute atomic E-state index is 0.00259. The molecule has 5 aromatic rings. The minimum Gasteiger partial charge on any atom is -0.444 e. The van der Waals surface area contributed by atoms with Crippen LogP contribution in [-0.4, -0.2) is 55.7 Å². The molecular formula is C34H37N7O3S. The Hall–Kier alpha value is -4.77. The molecule has 0 spiro atoms. The molecule has 45 heavy (non-hydrogen) atoms. The third-order valence-corrected chi connectivity index (χ3v) is 8.10. The maximum Gasteiger partial charge on any atom is 0.410 e. The van der Waals surface area contributed by atoms with Crippen molar-refractivity contribution in [2.45, 2.75) is 58.7 Å². The van der Waals surface area contributed by atoms with E-state index in [2.05, 4.69) is 49.9 Å². The highest BCUT2D eigenvalue weighted by Gasteiger charge is 2.28. The SMILES string of the molecule is Cc1ccc2c(NCc3cscn3)cccc2c1Oc1ncccc1-c1ccnc(NC2CCCN(C(=O)OC(C)(C)C)C2)n1. The van der Waals surface area contributed by atoms with Crippen LogP contribution < -0.4 is 15.4 Å². The fourth-order valence-corrected chi connectivity index (χ4v) is 5.91. The number of aryl methyl sites for hydroxylation is 1. The Morgan fingerprint density at radius 3 is 2.76 bits per heavy atom. The van der Waals surface area contributed by atoms with E-state index in [0.29, 0.717) is 37.2 Å². The normalized spacial score (nSPS) is 15.1. The Bertz CT molecular complexity index is 1790.